The standard InChI is InChI=1S/C14H15FN2O2S2/c15-11-2-1-10-6-8-17(13(10)9-11)21(18,19)14-4-3-12(20-14)5-7-16/h1-4,9H,5-8,16H2. The molecular weight excluding hydrogens is 311 g/mol. The predicted octanol–water partition coefficient (Wildman–Crippen LogP) is 2.14. The molecule has 0 saturated heterocycles. The minimum atomic E-state index is -3.62. The van der Waals surface area contributed by atoms with Crippen molar-refractivity contribution in [1.82, 2.24) is 0 Å². The molecule has 4 nitrogen and oxygen atoms in total. The Balaban J connectivity index is 1.98. The number of nitrogens with two attached hydrogens (primary N) is 1. The molecule has 0 fully saturated rings. The molecule has 112 valence electrons. The maximum Gasteiger partial charge on any atom is 0.273 e. The van der Waals surface area contributed by atoms with Crippen LogP contribution in [-0.2, 0) is 22.9 Å². The Morgan fingerprint density at radius 1 is 1.29 bits per heavy atom. The summed E-state index contributed by atoms with van der Waals surface area (Å²) in [4.78, 5) is 0.940. The first kappa shape index (κ1) is 14.5. The molecule has 1 aromatic heterocycles. The second-order valence-electron chi connectivity index (χ2n) is 4.86. The van der Waals surface area contributed by atoms with Crippen LogP contribution in [0.4, 0.5) is 10.1 Å². The lowest BCUT2D eigenvalue weighted by Gasteiger charge is -2.18. The number of anilines is 1. The zero-order valence-electron chi connectivity index (χ0n) is 11.3. The molecule has 0 amide bonds. The first-order valence-corrected chi connectivity index (χ1v) is 8.88. The maximum absolute atomic E-state index is 13.4. The van der Waals surface area contributed by atoms with E-state index in [1.807, 2.05) is 0 Å². The van der Waals surface area contributed by atoms with Gasteiger partial charge in [0.2, 0.25) is 0 Å². The second-order valence-corrected chi connectivity index (χ2v) is 8.12. The van der Waals surface area contributed by atoms with Gasteiger partial charge in [0.25, 0.3) is 10.0 Å². The molecule has 21 heavy (non-hydrogen) atoms. The average Bonchev–Trinajstić information content (AvgIpc) is 3.05. The first-order chi connectivity index (χ1) is 10.0. The van der Waals surface area contributed by atoms with Crippen LogP contribution in [0.5, 0.6) is 0 Å². The molecule has 2 aromatic rings. The van der Waals surface area contributed by atoms with Crippen molar-refractivity contribution in [2.24, 2.45) is 5.73 Å². The van der Waals surface area contributed by atoms with Gasteiger partial charge in [-0.3, -0.25) is 4.31 Å². The number of nitrogens with zero attached hydrogens (tertiary/aromatic N) is 1. The number of halogens is 1. The number of sulfonamides is 1. The van der Waals surface area contributed by atoms with Crippen molar-refractivity contribution in [3.05, 3.63) is 46.6 Å². The van der Waals surface area contributed by atoms with Crippen molar-refractivity contribution < 1.29 is 12.8 Å². The van der Waals surface area contributed by atoms with Crippen molar-refractivity contribution in [1.29, 1.82) is 0 Å². The highest BCUT2D eigenvalue weighted by molar-refractivity contribution is 7.94. The van der Waals surface area contributed by atoms with Gasteiger partial charge in [-0.2, -0.15) is 0 Å². The molecule has 0 radical (unpaired) electrons. The highest BCUT2D eigenvalue weighted by Crippen LogP contribution is 2.35. The lowest BCUT2D eigenvalue weighted by molar-refractivity contribution is 0.594. The largest absolute Gasteiger partial charge is 0.330 e. The summed E-state index contributed by atoms with van der Waals surface area (Å²) in [7, 11) is -3.62. The van der Waals surface area contributed by atoms with Gasteiger partial charge in [-0.15, -0.1) is 11.3 Å². The summed E-state index contributed by atoms with van der Waals surface area (Å²) in [6, 6.07) is 7.68. The molecule has 1 aliphatic rings. The zero-order chi connectivity index (χ0) is 15.0. The Morgan fingerprint density at radius 3 is 2.86 bits per heavy atom. The monoisotopic (exact) mass is 326 g/mol. The third-order valence-electron chi connectivity index (χ3n) is 3.47. The molecule has 0 bridgehead atoms. The van der Waals surface area contributed by atoms with Crippen molar-refractivity contribution in [3.63, 3.8) is 0 Å². The van der Waals surface area contributed by atoms with Gasteiger partial charge in [0.05, 0.1) is 5.69 Å². The van der Waals surface area contributed by atoms with Gasteiger partial charge in [0, 0.05) is 11.4 Å². The summed E-state index contributed by atoms with van der Waals surface area (Å²) in [5.74, 6) is -0.425. The van der Waals surface area contributed by atoms with Gasteiger partial charge >= 0.3 is 0 Å². The lowest BCUT2D eigenvalue weighted by atomic mass is 10.2. The third-order valence-corrected chi connectivity index (χ3v) is 6.90. The highest BCUT2D eigenvalue weighted by atomic mass is 32.2. The Morgan fingerprint density at radius 2 is 2.10 bits per heavy atom. The summed E-state index contributed by atoms with van der Waals surface area (Å²) in [6.07, 6.45) is 1.27. The van der Waals surface area contributed by atoms with E-state index in [4.69, 9.17) is 5.73 Å². The lowest BCUT2D eigenvalue weighted by Crippen LogP contribution is -2.28. The van der Waals surface area contributed by atoms with E-state index < -0.39 is 15.8 Å². The molecule has 0 spiro atoms. The van der Waals surface area contributed by atoms with Crippen LogP contribution in [0.2, 0.25) is 0 Å². The van der Waals surface area contributed by atoms with Crippen LogP contribution in [-0.4, -0.2) is 21.5 Å². The van der Waals surface area contributed by atoms with Crippen LogP contribution in [0.15, 0.2) is 34.5 Å². The smallest absolute Gasteiger partial charge is 0.273 e. The number of rotatable bonds is 4. The number of benzene rings is 1. The summed E-state index contributed by atoms with van der Waals surface area (Å²) in [5.41, 5.74) is 6.79. The molecule has 2 N–H and O–H groups in total. The topological polar surface area (TPSA) is 63.4 Å². The second kappa shape index (κ2) is 5.40. The van der Waals surface area contributed by atoms with E-state index in [2.05, 4.69) is 0 Å². The van der Waals surface area contributed by atoms with Crippen molar-refractivity contribution in [2.45, 2.75) is 17.1 Å². The van der Waals surface area contributed by atoms with E-state index in [1.165, 1.54) is 27.8 Å². The molecule has 0 unspecified atom stereocenters. The number of hydrogen-bond acceptors (Lipinski definition) is 4. The summed E-state index contributed by atoms with van der Waals surface area (Å²) in [5, 5.41) is 0. The van der Waals surface area contributed by atoms with E-state index in [0.29, 0.717) is 31.6 Å². The molecule has 7 heteroatoms. The summed E-state index contributed by atoms with van der Waals surface area (Å²) < 4.78 is 40.4. The van der Waals surface area contributed by atoms with E-state index in [0.717, 1.165) is 10.4 Å². The minimum absolute atomic E-state index is 0.281. The van der Waals surface area contributed by atoms with Crippen LogP contribution in [0.3, 0.4) is 0 Å². The molecule has 0 atom stereocenters. The normalized spacial score (nSPS) is 14.5. The van der Waals surface area contributed by atoms with Crippen LogP contribution >= 0.6 is 11.3 Å². The molecule has 0 aliphatic carbocycles. The molecule has 1 aromatic carbocycles. The first-order valence-electron chi connectivity index (χ1n) is 6.62. The van der Waals surface area contributed by atoms with E-state index >= 15 is 0 Å². The van der Waals surface area contributed by atoms with Gasteiger partial charge in [0.15, 0.2) is 0 Å². The molecular formula is C14H15FN2O2S2. The summed E-state index contributed by atoms with van der Waals surface area (Å²) in [6.45, 7) is 0.836. The van der Waals surface area contributed by atoms with Crippen LogP contribution in [0, 0.1) is 5.82 Å². The van der Waals surface area contributed by atoms with E-state index in [1.54, 1.807) is 18.2 Å². The Hall–Kier alpha value is -1.44. The predicted molar refractivity (Wildman–Crippen MR) is 81.7 cm³/mol. The van der Waals surface area contributed by atoms with Crippen molar-refractivity contribution in [2.75, 3.05) is 17.4 Å². The van der Waals surface area contributed by atoms with E-state index in [-0.39, 0.29) is 4.21 Å². The van der Waals surface area contributed by atoms with Crippen molar-refractivity contribution in [3.8, 4) is 0 Å². The van der Waals surface area contributed by atoms with Gasteiger partial charge < -0.3 is 5.73 Å². The Labute approximate surface area is 127 Å². The van der Waals surface area contributed by atoms with Gasteiger partial charge in [0.1, 0.15) is 10.0 Å². The molecule has 0 saturated carbocycles. The van der Waals surface area contributed by atoms with Crippen LogP contribution in [0.25, 0.3) is 0 Å². The Kier molecular flexibility index (Phi) is 3.73. The average molecular weight is 326 g/mol. The van der Waals surface area contributed by atoms with Gasteiger partial charge in [-0.1, -0.05) is 6.07 Å². The Bertz CT molecular complexity index is 771. The zero-order valence-corrected chi connectivity index (χ0v) is 12.9. The number of fused-ring (bicyclic) bond motifs is 1. The highest BCUT2D eigenvalue weighted by Gasteiger charge is 2.32. The van der Waals surface area contributed by atoms with Gasteiger partial charge in [-0.05, 0) is 49.2 Å². The third kappa shape index (κ3) is 2.56. The molecule has 3 rings (SSSR count). The maximum atomic E-state index is 13.4. The minimum Gasteiger partial charge on any atom is -0.330 e. The SMILES string of the molecule is NCCc1ccc(S(=O)(=O)N2CCc3ccc(F)cc32)s1. The van der Waals surface area contributed by atoms with Crippen LogP contribution in [0.1, 0.15) is 10.4 Å². The van der Waals surface area contributed by atoms with E-state index in [9.17, 15) is 12.8 Å². The number of thiophene rings is 1. The molecule has 2 heterocycles. The molecule has 1 aliphatic heterocycles. The fraction of sp³-hybridized carbons (Fsp3) is 0.286. The van der Waals surface area contributed by atoms with Gasteiger partial charge in [-0.25, -0.2) is 12.8 Å². The van der Waals surface area contributed by atoms with Crippen molar-refractivity contribution >= 4 is 27.0 Å². The quantitative estimate of drug-likeness (QED) is 0.936. The summed E-state index contributed by atoms with van der Waals surface area (Å²) >= 11 is 1.23. The number of hydrogen-bond donors (Lipinski definition) is 1. The fourth-order valence-electron chi connectivity index (χ4n) is 2.45. The van der Waals surface area contributed by atoms with Crippen LogP contribution < -0.4 is 10.0 Å². The fourth-order valence-corrected chi connectivity index (χ4v) is 5.44.